The monoisotopic (exact) mass is 862 g/mol. The van der Waals surface area contributed by atoms with Crippen LogP contribution in [-0.2, 0) is 33.9 Å². The zero-order valence-electron chi connectivity index (χ0n) is 28.3. The van der Waals surface area contributed by atoms with Gasteiger partial charge in [-0.2, -0.15) is 29.2 Å². The Morgan fingerprint density at radius 2 is 1.57 bits per heavy atom. The van der Waals surface area contributed by atoms with Crippen LogP contribution in [0, 0.1) is 12.1 Å². The van der Waals surface area contributed by atoms with Crippen molar-refractivity contribution in [3.8, 4) is 28.6 Å². The molecule has 4 heterocycles. The van der Waals surface area contributed by atoms with Gasteiger partial charge < -0.3 is 18.7 Å². The van der Waals surface area contributed by atoms with Gasteiger partial charge in [0.05, 0.1) is 11.1 Å². The molecule has 1 aliphatic rings. The Labute approximate surface area is 319 Å². The van der Waals surface area contributed by atoms with E-state index < -0.39 is 0 Å². The van der Waals surface area contributed by atoms with Gasteiger partial charge in [0, 0.05) is 34.2 Å². The molecular weight excluding hydrogens is 834 g/mol. The number of rotatable bonds is 5. The van der Waals surface area contributed by atoms with Crippen molar-refractivity contribution in [3.63, 3.8) is 0 Å². The van der Waals surface area contributed by atoms with Gasteiger partial charge in [-0.25, -0.2) is 0 Å². The Morgan fingerprint density at radius 1 is 0.736 bits per heavy atom. The number of benzene rings is 6. The molecule has 11 rings (SSSR count). The first-order chi connectivity index (χ1) is 25.8. The summed E-state index contributed by atoms with van der Waals surface area (Å²) < 4.78 is 15.6. The second kappa shape index (κ2) is 12.6. The third-order valence-electron chi connectivity index (χ3n) is 10.6. The van der Waals surface area contributed by atoms with Gasteiger partial charge in [0.15, 0.2) is 0 Å². The molecule has 6 aromatic carbocycles. The summed E-state index contributed by atoms with van der Waals surface area (Å²) in [5.41, 5.74) is 9.94. The maximum atomic E-state index is 6.73. The van der Waals surface area contributed by atoms with Gasteiger partial charge in [0.25, 0.3) is 0 Å². The van der Waals surface area contributed by atoms with Gasteiger partial charge in [-0.3, -0.25) is 0 Å². The summed E-state index contributed by atoms with van der Waals surface area (Å²) >= 11 is 0. The molecule has 0 spiro atoms. The minimum absolute atomic E-state index is 0. The van der Waals surface area contributed by atoms with Gasteiger partial charge in [-0.15, -0.1) is 6.07 Å². The molecule has 0 N–H and O–H groups in total. The van der Waals surface area contributed by atoms with E-state index >= 15 is 0 Å². The third-order valence-corrected chi connectivity index (χ3v) is 10.6. The molecule has 254 valence electrons. The summed E-state index contributed by atoms with van der Waals surface area (Å²) in [6.45, 7) is 0. The number of hydrogen-bond donors (Lipinski definition) is 0. The first-order valence-corrected chi connectivity index (χ1v) is 17.6. The molecule has 5 nitrogen and oxygen atoms in total. The number of hydrogen-bond acceptors (Lipinski definition) is 4. The van der Waals surface area contributed by atoms with Crippen molar-refractivity contribution in [2.45, 2.75) is 18.8 Å². The van der Waals surface area contributed by atoms with Crippen molar-refractivity contribution < 1.29 is 30.2 Å². The van der Waals surface area contributed by atoms with Crippen molar-refractivity contribution in [1.29, 1.82) is 0 Å². The molecular formula is C47H29N3O2Pt. The molecule has 4 aromatic heterocycles. The molecule has 0 fully saturated rings. The first kappa shape index (κ1) is 31.7. The van der Waals surface area contributed by atoms with Crippen LogP contribution in [-0.4, -0.2) is 14.5 Å². The third kappa shape index (κ3) is 5.10. The van der Waals surface area contributed by atoms with Gasteiger partial charge >= 0.3 is 21.1 Å². The van der Waals surface area contributed by atoms with E-state index in [1.807, 2.05) is 36.5 Å². The number of para-hydroxylation sites is 2. The van der Waals surface area contributed by atoms with Crippen LogP contribution >= 0.6 is 0 Å². The summed E-state index contributed by atoms with van der Waals surface area (Å²) in [6.07, 6.45) is 3.78. The number of fused-ring (bicyclic) bond motifs is 9. The SMILES string of the molecule is [Pt+2].[c-]1ccccc1-n1c2ccccc2c2ccc(Oc3[c-]c(-c4nccc5c4CC(c4ccccc4)C5)c4oc5ccc6ccccc6c5c4c3)nc21. The predicted octanol–water partition coefficient (Wildman–Crippen LogP) is 11.6. The molecule has 0 radical (unpaired) electrons. The number of nitrogens with zero attached hydrogens (tertiary/aromatic N) is 3. The van der Waals surface area contributed by atoms with Crippen LogP contribution in [0.3, 0.4) is 0 Å². The fraction of sp³-hybridized carbons (Fsp3) is 0.0638. The van der Waals surface area contributed by atoms with E-state index in [0.717, 1.165) is 84.4 Å². The summed E-state index contributed by atoms with van der Waals surface area (Å²) in [6, 6.07) is 55.0. The van der Waals surface area contributed by atoms with Crippen molar-refractivity contribution in [2.24, 2.45) is 0 Å². The van der Waals surface area contributed by atoms with Gasteiger partial charge in [0.2, 0.25) is 5.88 Å². The quantitative estimate of drug-likeness (QED) is 0.162. The summed E-state index contributed by atoms with van der Waals surface area (Å²) in [5, 5.41) is 6.45. The maximum absolute atomic E-state index is 6.73. The molecule has 1 aliphatic carbocycles. The Bertz CT molecular complexity index is 3010. The van der Waals surface area contributed by atoms with Crippen LogP contribution in [0.15, 0.2) is 150 Å². The number of pyridine rings is 2. The first-order valence-electron chi connectivity index (χ1n) is 17.6. The second-order valence-corrected chi connectivity index (χ2v) is 13.5. The van der Waals surface area contributed by atoms with Crippen LogP contribution < -0.4 is 4.74 Å². The predicted molar refractivity (Wildman–Crippen MR) is 207 cm³/mol. The van der Waals surface area contributed by atoms with Crippen molar-refractivity contribution in [3.05, 3.63) is 175 Å². The minimum atomic E-state index is 0. The molecule has 0 bridgehead atoms. The average Bonchev–Trinajstić information content (AvgIpc) is 3.90. The topological polar surface area (TPSA) is 53.1 Å². The van der Waals surface area contributed by atoms with E-state index in [9.17, 15) is 0 Å². The second-order valence-electron chi connectivity index (χ2n) is 13.5. The molecule has 0 saturated heterocycles. The van der Waals surface area contributed by atoms with Crippen molar-refractivity contribution >= 4 is 54.6 Å². The van der Waals surface area contributed by atoms with Crippen LogP contribution in [0.1, 0.15) is 22.6 Å². The number of aromatic nitrogens is 3. The zero-order chi connectivity index (χ0) is 34.2. The molecule has 6 heteroatoms. The van der Waals surface area contributed by atoms with Gasteiger partial charge in [-0.05, 0) is 70.6 Å². The van der Waals surface area contributed by atoms with Crippen LogP contribution in [0.2, 0.25) is 0 Å². The van der Waals surface area contributed by atoms with Crippen LogP contribution in [0.5, 0.6) is 11.6 Å². The Kier molecular flexibility index (Phi) is 7.52. The number of ether oxygens (including phenoxy) is 1. The van der Waals surface area contributed by atoms with Crippen LogP contribution in [0.25, 0.3) is 71.6 Å². The average molecular weight is 863 g/mol. The van der Waals surface area contributed by atoms with E-state index in [0.29, 0.717) is 17.5 Å². The minimum Gasteiger partial charge on any atom is -0.501 e. The Morgan fingerprint density at radius 3 is 2.45 bits per heavy atom. The zero-order valence-corrected chi connectivity index (χ0v) is 30.6. The standard InChI is InChI=1S/C47H29N3O2.Pt/c1-3-11-29(12-4-1)32-25-31-23-24-48-45(38(31)26-32)40-28-34(27-39-44-35-16-8-7-13-30(35)19-21-42(44)52-46(39)40)51-43-22-20-37-36-17-9-10-18-41(36)50(47(37)49-43)33-14-5-2-6-15-33;/h1-14,16-24,27,32H,25-26H2;/q-2;+2. The fourth-order valence-electron chi connectivity index (χ4n) is 8.26. The summed E-state index contributed by atoms with van der Waals surface area (Å²) in [4.78, 5) is 10.2. The van der Waals surface area contributed by atoms with Gasteiger partial charge in [-0.1, -0.05) is 113 Å². The van der Waals surface area contributed by atoms with Crippen LogP contribution in [0.4, 0.5) is 0 Å². The smallest absolute Gasteiger partial charge is 0.501 e. The van der Waals surface area contributed by atoms with E-state index in [4.69, 9.17) is 19.1 Å². The fourth-order valence-corrected chi connectivity index (χ4v) is 8.26. The Balaban J connectivity index is 0.00000349. The largest absolute Gasteiger partial charge is 2.00 e. The van der Waals surface area contributed by atoms with Crippen molar-refractivity contribution in [1.82, 2.24) is 14.5 Å². The Hall–Kier alpha value is -6.03. The van der Waals surface area contributed by atoms with Crippen molar-refractivity contribution in [2.75, 3.05) is 0 Å². The van der Waals surface area contributed by atoms with Gasteiger partial charge in [0.1, 0.15) is 11.2 Å². The van der Waals surface area contributed by atoms with E-state index in [2.05, 4.69) is 126 Å². The molecule has 0 amide bonds. The maximum Gasteiger partial charge on any atom is 2.00 e. The molecule has 0 aliphatic heterocycles. The molecule has 0 saturated carbocycles. The summed E-state index contributed by atoms with van der Waals surface area (Å²) in [5.74, 6) is 1.41. The van der Waals surface area contributed by atoms with E-state index in [-0.39, 0.29) is 21.1 Å². The summed E-state index contributed by atoms with van der Waals surface area (Å²) in [7, 11) is 0. The van der Waals surface area contributed by atoms with E-state index in [1.165, 1.54) is 16.7 Å². The number of furan rings is 1. The van der Waals surface area contributed by atoms with E-state index in [1.54, 1.807) is 0 Å². The molecule has 1 atom stereocenters. The molecule has 10 aromatic rings. The normalized spacial score (nSPS) is 13.9. The molecule has 1 unspecified atom stereocenters. The molecule has 53 heavy (non-hydrogen) atoms.